The molecule has 1 aromatic carbocycles. The smallest absolute Gasteiger partial charge is 0.191 e. The predicted octanol–water partition coefficient (Wildman–Crippen LogP) is 3.07. The number of Topliss-reactive ketones (excluding diaryl/α,β-unsaturated/α-hetero) is 1. The van der Waals surface area contributed by atoms with Gasteiger partial charge in [-0.15, -0.1) is 10.2 Å². The van der Waals surface area contributed by atoms with Crippen LogP contribution >= 0.6 is 11.8 Å². The molecule has 5 nitrogen and oxygen atoms in total. The van der Waals surface area contributed by atoms with E-state index >= 15 is 0 Å². The number of hydrogen-bond acceptors (Lipinski definition) is 5. The fourth-order valence-electron chi connectivity index (χ4n) is 2.16. The van der Waals surface area contributed by atoms with Gasteiger partial charge in [0.2, 0.25) is 0 Å². The topological polar surface area (TPSA) is 73.8 Å². The van der Waals surface area contributed by atoms with Crippen molar-refractivity contribution in [3.63, 3.8) is 0 Å². The van der Waals surface area contributed by atoms with Crippen LogP contribution in [0.15, 0.2) is 35.5 Å². The van der Waals surface area contributed by atoms with Gasteiger partial charge in [-0.05, 0) is 13.3 Å². The van der Waals surface area contributed by atoms with E-state index in [1.807, 2.05) is 41.8 Å². The van der Waals surface area contributed by atoms with E-state index in [-0.39, 0.29) is 11.8 Å². The number of rotatable bonds is 8. The summed E-state index contributed by atoms with van der Waals surface area (Å²) < 4.78 is 2.03. The van der Waals surface area contributed by atoms with Gasteiger partial charge in [0.05, 0.1) is 6.04 Å². The third-order valence-electron chi connectivity index (χ3n) is 3.49. The highest BCUT2D eigenvalue weighted by Crippen LogP contribution is 2.22. The quantitative estimate of drug-likeness (QED) is 0.598. The number of thioether (sulfide) groups is 1. The Kier molecular flexibility index (Phi) is 6.15. The summed E-state index contributed by atoms with van der Waals surface area (Å²) in [7, 11) is 0. The van der Waals surface area contributed by atoms with Crippen LogP contribution in [0, 0.1) is 0 Å². The molecule has 6 heteroatoms. The van der Waals surface area contributed by atoms with Gasteiger partial charge in [-0.1, -0.05) is 49.0 Å². The summed E-state index contributed by atoms with van der Waals surface area (Å²) >= 11 is 1.56. The lowest BCUT2D eigenvalue weighted by atomic mass is 10.1. The van der Waals surface area contributed by atoms with E-state index in [0.29, 0.717) is 12.2 Å². The highest BCUT2D eigenvalue weighted by Gasteiger charge is 2.16. The van der Waals surface area contributed by atoms with Crippen molar-refractivity contribution in [2.24, 2.45) is 5.73 Å². The van der Waals surface area contributed by atoms with E-state index in [4.69, 9.17) is 5.73 Å². The molecule has 1 unspecified atom stereocenters. The van der Waals surface area contributed by atoms with E-state index in [0.717, 1.165) is 29.5 Å². The van der Waals surface area contributed by atoms with Crippen molar-refractivity contribution in [3.8, 4) is 0 Å². The van der Waals surface area contributed by atoms with E-state index in [1.165, 1.54) is 0 Å². The van der Waals surface area contributed by atoms with Crippen LogP contribution in [-0.4, -0.2) is 26.3 Å². The molecule has 0 fully saturated rings. The molecule has 0 spiro atoms. The van der Waals surface area contributed by atoms with Gasteiger partial charge in [-0.3, -0.25) is 4.79 Å². The summed E-state index contributed by atoms with van der Waals surface area (Å²) in [5.74, 6) is 1.66. The SMILES string of the molecule is CCC(N)c1nnc(SCCC(=O)c2ccccc2)n1CC. The van der Waals surface area contributed by atoms with Gasteiger partial charge >= 0.3 is 0 Å². The second kappa shape index (κ2) is 8.10. The molecular weight excluding hydrogens is 296 g/mol. The molecule has 0 saturated carbocycles. The molecule has 0 aliphatic rings. The van der Waals surface area contributed by atoms with E-state index in [9.17, 15) is 4.79 Å². The minimum atomic E-state index is -0.0900. The molecule has 0 saturated heterocycles. The second-order valence-corrected chi connectivity index (χ2v) is 6.05. The number of benzene rings is 1. The molecule has 0 aliphatic carbocycles. The lowest BCUT2D eigenvalue weighted by molar-refractivity contribution is 0.0989. The first kappa shape index (κ1) is 16.7. The zero-order chi connectivity index (χ0) is 15.9. The van der Waals surface area contributed by atoms with Crippen molar-refractivity contribution in [2.75, 3.05) is 5.75 Å². The van der Waals surface area contributed by atoms with Crippen LogP contribution in [0.3, 0.4) is 0 Å². The van der Waals surface area contributed by atoms with Gasteiger partial charge in [0.15, 0.2) is 16.8 Å². The molecular formula is C16H22N4OS. The first-order chi connectivity index (χ1) is 10.7. The number of nitrogens with two attached hydrogens (primary N) is 1. The molecule has 0 bridgehead atoms. The number of aromatic nitrogens is 3. The van der Waals surface area contributed by atoms with Crippen molar-refractivity contribution < 1.29 is 4.79 Å². The van der Waals surface area contributed by atoms with Crippen LogP contribution in [0.2, 0.25) is 0 Å². The molecule has 2 rings (SSSR count). The maximum absolute atomic E-state index is 12.1. The zero-order valence-corrected chi connectivity index (χ0v) is 13.8. The van der Waals surface area contributed by atoms with E-state index < -0.39 is 0 Å². The van der Waals surface area contributed by atoms with Crippen LogP contribution < -0.4 is 5.73 Å². The van der Waals surface area contributed by atoms with Crippen LogP contribution in [-0.2, 0) is 6.54 Å². The Morgan fingerprint density at radius 3 is 2.64 bits per heavy atom. The minimum absolute atomic E-state index is 0.0900. The van der Waals surface area contributed by atoms with Crippen molar-refractivity contribution in [1.82, 2.24) is 14.8 Å². The average Bonchev–Trinajstić information content (AvgIpc) is 2.97. The third-order valence-corrected chi connectivity index (χ3v) is 4.46. The molecule has 22 heavy (non-hydrogen) atoms. The first-order valence-corrected chi connectivity index (χ1v) is 8.55. The Morgan fingerprint density at radius 1 is 1.27 bits per heavy atom. The molecule has 1 aromatic heterocycles. The summed E-state index contributed by atoms with van der Waals surface area (Å²) in [6, 6.07) is 9.28. The number of carbonyl (C=O) groups excluding carboxylic acids is 1. The summed E-state index contributed by atoms with van der Waals surface area (Å²) in [5.41, 5.74) is 6.81. The summed E-state index contributed by atoms with van der Waals surface area (Å²) in [6.07, 6.45) is 1.32. The molecule has 2 N–H and O–H groups in total. The molecule has 1 heterocycles. The Balaban J connectivity index is 1.95. The normalized spacial score (nSPS) is 12.3. The second-order valence-electron chi connectivity index (χ2n) is 4.99. The molecule has 0 amide bonds. The molecule has 1 atom stereocenters. The Labute approximate surface area is 135 Å². The summed E-state index contributed by atoms with van der Waals surface area (Å²) in [6.45, 7) is 4.87. The van der Waals surface area contributed by atoms with Gasteiger partial charge in [-0.2, -0.15) is 0 Å². The monoisotopic (exact) mass is 318 g/mol. The summed E-state index contributed by atoms with van der Waals surface area (Å²) in [4.78, 5) is 12.1. The largest absolute Gasteiger partial charge is 0.321 e. The Morgan fingerprint density at radius 2 is 2.00 bits per heavy atom. The van der Waals surface area contributed by atoms with Crippen molar-refractivity contribution >= 4 is 17.5 Å². The first-order valence-electron chi connectivity index (χ1n) is 7.57. The van der Waals surface area contributed by atoms with E-state index in [1.54, 1.807) is 11.8 Å². The van der Waals surface area contributed by atoms with Crippen LogP contribution in [0.1, 0.15) is 48.9 Å². The number of ketones is 1. The maximum Gasteiger partial charge on any atom is 0.191 e. The Hall–Kier alpha value is -1.66. The van der Waals surface area contributed by atoms with Gasteiger partial charge in [0, 0.05) is 24.3 Å². The van der Waals surface area contributed by atoms with Gasteiger partial charge in [-0.25, -0.2) is 0 Å². The van der Waals surface area contributed by atoms with Gasteiger partial charge in [0.1, 0.15) is 0 Å². The maximum atomic E-state index is 12.1. The summed E-state index contributed by atoms with van der Waals surface area (Å²) in [5, 5.41) is 9.24. The lowest BCUT2D eigenvalue weighted by Gasteiger charge is -2.11. The van der Waals surface area contributed by atoms with Gasteiger partial charge < -0.3 is 10.3 Å². The molecule has 0 radical (unpaired) electrons. The molecule has 0 aliphatic heterocycles. The van der Waals surface area contributed by atoms with Crippen LogP contribution in [0.25, 0.3) is 0 Å². The lowest BCUT2D eigenvalue weighted by Crippen LogP contribution is -2.16. The minimum Gasteiger partial charge on any atom is -0.321 e. The van der Waals surface area contributed by atoms with Crippen LogP contribution in [0.4, 0.5) is 0 Å². The number of hydrogen-bond donors (Lipinski definition) is 1. The standard InChI is InChI=1S/C16H22N4OS/c1-3-13(17)15-18-19-16(20(15)4-2)22-11-10-14(21)12-8-6-5-7-9-12/h5-9,13H,3-4,10-11,17H2,1-2H3. The highest BCUT2D eigenvalue weighted by molar-refractivity contribution is 7.99. The van der Waals surface area contributed by atoms with Crippen molar-refractivity contribution in [3.05, 3.63) is 41.7 Å². The van der Waals surface area contributed by atoms with Gasteiger partial charge in [0.25, 0.3) is 0 Å². The number of carbonyl (C=O) groups is 1. The molecule has 2 aromatic rings. The zero-order valence-electron chi connectivity index (χ0n) is 13.0. The molecule has 118 valence electrons. The Bertz CT molecular complexity index is 612. The third kappa shape index (κ3) is 3.96. The van der Waals surface area contributed by atoms with Crippen molar-refractivity contribution in [1.29, 1.82) is 0 Å². The highest BCUT2D eigenvalue weighted by atomic mass is 32.2. The van der Waals surface area contributed by atoms with E-state index in [2.05, 4.69) is 17.1 Å². The van der Waals surface area contributed by atoms with Crippen molar-refractivity contribution in [2.45, 2.75) is 44.4 Å². The number of nitrogens with zero attached hydrogens (tertiary/aromatic N) is 3. The predicted molar refractivity (Wildman–Crippen MR) is 89.0 cm³/mol. The fourth-order valence-corrected chi connectivity index (χ4v) is 3.11. The fraction of sp³-hybridized carbons (Fsp3) is 0.438. The van der Waals surface area contributed by atoms with Crippen LogP contribution in [0.5, 0.6) is 0 Å². The average molecular weight is 318 g/mol.